The molecular formula is C10H13N3. The number of hydrogen-bond acceptors (Lipinski definition) is 3. The average molecular weight is 175 g/mol. The maximum Gasteiger partial charge on any atom is 0.140 e. The third-order valence-electron chi connectivity index (χ3n) is 1.86. The van der Waals surface area contributed by atoms with E-state index < -0.39 is 0 Å². The number of nitriles is 1. The molecule has 3 nitrogen and oxygen atoms in total. The summed E-state index contributed by atoms with van der Waals surface area (Å²) in [7, 11) is 0. The Kier molecular flexibility index (Phi) is 3.41. The second-order valence-electron chi connectivity index (χ2n) is 2.95. The van der Waals surface area contributed by atoms with Gasteiger partial charge in [-0.3, -0.25) is 0 Å². The Hall–Kier alpha value is -1.40. The minimum absolute atomic E-state index is 0.0432. The van der Waals surface area contributed by atoms with Gasteiger partial charge in [-0.15, -0.1) is 0 Å². The van der Waals surface area contributed by atoms with Crippen LogP contribution in [0.5, 0.6) is 0 Å². The van der Waals surface area contributed by atoms with Crippen molar-refractivity contribution in [1.29, 1.82) is 5.26 Å². The average Bonchev–Trinajstić information content (AvgIpc) is 2.18. The zero-order valence-corrected chi connectivity index (χ0v) is 7.70. The van der Waals surface area contributed by atoms with Crippen molar-refractivity contribution >= 4 is 0 Å². The molecule has 0 aliphatic heterocycles. The number of nitrogens with two attached hydrogens (primary N) is 1. The van der Waals surface area contributed by atoms with Crippen LogP contribution in [0.2, 0.25) is 0 Å². The van der Waals surface area contributed by atoms with Gasteiger partial charge in [0.25, 0.3) is 0 Å². The lowest BCUT2D eigenvalue weighted by molar-refractivity contribution is 0.621. The van der Waals surface area contributed by atoms with Crippen LogP contribution in [0.4, 0.5) is 0 Å². The van der Waals surface area contributed by atoms with Crippen LogP contribution in [-0.4, -0.2) is 4.98 Å². The molecule has 0 aliphatic rings. The second-order valence-corrected chi connectivity index (χ2v) is 2.95. The van der Waals surface area contributed by atoms with Gasteiger partial charge in [0.1, 0.15) is 11.8 Å². The Bertz CT molecular complexity index is 314. The van der Waals surface area contributed by atoms with Crippen LogP contribution in [0.25, 0.3) is 0 Å². The van der Waals surface area contributed by atoms with Crippen molar-refractivity contribution < 1.29 is 0 Å². The first-order valence-electron chi connectivity index (χ1n) is 4.40. The van der Waals surface area contributed by atoms with Crippen LogP contribution in [-0.2, 0) is 0 Å². The molecule has 1 atom stereocenters. The SMILES string of the molecule is CCCC(N)c1cccc(C#N)n1. The van der Waals surface area contributed by atoms with E-state index in [2.05, 4.69) is 11.9 Å². The Balaban J connectivity index is 2.83. The van der Waals surface area contributed by atoms with E-state index in [0.717, 1.165) is 18.5 Å². The second kappa shape index (κ2) is 4.58. The molecule has 0 saturated heterocycles. The van der Waals surface area contributed by atoms with Crippen LogP contribution in [0, 0.1) is 11.3 Å². The lowest BCUT2D eigenvalue weighted by atomic mass is 10.1. The normalized spacial score (nSPS) is 12.1. The summed E-state index contributed by atoms with van der Waals surface area (Å²) >= 11 is 0. The Morgan fingerprint density at radius 1 is 1.62 bits per heavy atom. The molecule has 1 heterocycles. The first-order chi connectivity index (χ1) is 6.27. The van der Waals surface area contributed by atoms with Crippen LogP contribution in [0.3, 0.4) is 0 Å². The molecule has 0 aliphatic carbocycles. The first kappa shape index (κ1) is 9.69. The first-order valence-corrected chi connectivity index (χ1v) is 4.40. The van der Waals surface area contributed by atoms with Gasteiger partial charge in [0, 0.05) is 6.04 Å². The van der Waals surface area contributed by atoms with E-state index >= 15 is 0 Å². The highest BCUT2D eigenvalue weighted by atomic mass is 14.8. The molecule has 2 N–H and O–H groups in total. The van der Waals surface area contributed by atoms with Gasteiger partial charge in [0.05, 0.1) is 5.69 Å². The third-order valence-corrected chi connectivity index (χ3v) is 1.86. The van der Waals surface area contributed by atoms with E-state index in [-0.39, 0.29) is 6.04 Å². The summed E-state index contributed by atoms with van der Waals surface area (Å²) in [6.07, 6.45) is 1.93. The fraction of sp³-hybridized carbons (Fsp3) is 0.400. The van der Waals surface area contributed by atoms with Crippen molar-refractivity contribution in [3.63, 3.8) is 0 Å². The quantitative estimate of drug-likeness (QED) is 0.761. The minimum Gasteiger partial charge on any atom is -0.323 e. The summed E-state index contributed by atoms with van der Waals surface area (Å²) in [5.74, 6) is 0. The van der Waals surface area contributed by atoms with Gasteiger partial charge >= 0.3 is 0 Å². The molecule has 1 aromatic rings. The topological polar surface area (TPSA) is 62.7 Å². The molecule has 0 bridgehead atoms. The number of rotatable bonds is 3. The summed E-state index contributed by atoms with van der Waals surface area (Å²) in [6.45, 7) is 2.08. The molecule has 3 heteroatoms. The fourth-order valence-corrected chi connectivity index (χ4v) is 1.18. The minimum atomic E-state index is -0.0432. The molecule has 0 spiro atoms. The molecule has 0 aromatic carbocycles. The summed E-state index contributed by atoms with van der Waals surface area (Å²) < 4.78 is 0. The molecule has 13 heavy (non-hydrogen) atoms. The van der Waals surface area contributed by atoms with E-state index in [9.17, 15) is 0 Å². The third kappa shape index (κ3) is 2.53. The van der Waals surface area contributed by atoms with E-state index in [1.54, 1.807) is 6.07 Å². The van der Waals surface area contributed by atoms with Crippen molar-refractivity contribution in [2.75, 3.05) is 0 Å². The van der Waals surface area contributed by atoms with E-state index in [4.69, 9.17) is 11.0 Å². The van der Waals surface area contributed by atoms with Crippen molar-refractivity contribution in [3.05, 3.63) is 29.6 Å². The van der Waals surface area contributed by atoms with E-state index in [1.165, 1.54) is 0 Å². The number of nitrogens with zero attached hydrogens (tertiary/aromatic N) is 2. The van der Waals surface area contributed by atoms with Gasteiger partial charge in [0.2, 0.25) is 0 Å². The molecular weight excluding hydrogens is 162 g/mol. The monoisotopic (exact) mass is 175 g/mol. The van der Waals surface area contributed by atoms with Gasteiger partial charge in [-0.25, -0.2) is 4.98 Å². The zero-order valence-electron chi connectivity index (χ0n) is 7.70. The molecule has 1 unspecified atom stereocenters. The fourth-order valence-electron chi connectivity index (χ4n) is 1.18. The number of aromatic nitrogens is 1. The van der Waals surface area contributed by atoms with Crippen LogP contribution in [0.15, 0.2) is 18.2 Å². The van der Waals surface area contributed by atoms with Crippen LogP contribution < -0.4 is 5.73 Å². The molecule has 0 fully saturated rings. The van der Waals surface area contributed by atoms with Crippen molar-refractivity contribution in [2.45, 2.75) is 25.8 Å². The largest absolute Gasteiger partial charge is 0.323 e. The summed E-state index contributed by atoms with van der Waals surface area (Å²) in [5.41, 5.74) is 7.10. The highest BCUT2D eigenvalue weighted by Crippen LogP contribution is 2.12. The molecule has 0 amide bonds. The van der Waals surface area contributed by atoms with Gasteiger partial charge in [0.15, 0.2) is 0 Å². The molecule has 1 aromatic heterocycles. The molecule has 1 rings (SSSR count). The predicted molar refractivity (Wildman–Crippen MR) is 50.8 cm³/mol. The zero-order chi connectivity index (χ0) is 9.68. The van der Waals surface area contributed by atoms with Crippen LogP contribution in [0.1, 0.15) is 37.2 Å². The van der Waals surface area contributed by atoms with Gasteiger partial charge in [-0.2, -0.15) is 5.26 Å². The molecule has 68 valence electrons. The van der Waals surface area contributed by atoms with E-state index in [0.29, 0.717) is 5.69 Å². The van der Waals surface area contributed by atoms with Crippen molar-refractivity contribution in [1.82, 2.24) is 4.98 Å². The Morgan fingerprint density at radius 3 is 3.00 bits per heavy atom. The highest BCUT2D eigenvalue weighted by molar-refractivity contribution is 5.23. The maximum absolute atomic E-state index is 8.62. The number of hydrogen-bond donors (Lipinski definition) is 1. The van der Waals surface area contributed by atoms with E-state index in [1.807, 2.05) is 18.2 Å². The molecule has 0 radical (unpaired) electrons. The van der Waals surface area contributed by atoms with Crippen molar-refractivity contribution in [2.24, 2.45) is 5.73 Å². The predicted octanol–water partition coefficient (Wildman–Crippen LogP) is 1.75. The van der Waals surface area contributed by atoms with Crippen molar-refractivity contribution in [3.8, 4) is 6.07 Å². The Morgan fingerprint density at radius 2 is 2.38 bits per heavy atom. The maximum atomic E-state index is 8.62. The smallest absolute Gasteiger partial charge is 0.140 e. The van der Waals surface area contributed by atoms with Gasteiger partial charge < -0.3 is 5.73 Å². The van der Waals surface area contributed by atoms with Crippen LogP contribution >= 0.6 is 0 Å². The molecule has 0 saturated carbocycles. The number of pyridine rings is 1. The summed E-state index contributed by atoms with van der Waals surface area (Å²) in [6, 6.07) is 7.32. The summed E-state index contributed by atoms with van der Waals surface area (Å²) in [5, 5.41) is 8.62. The summed E-state index contributed by atoms with van der Waals surface area (Å²) in [4.78, 5) is 4.12. The highest BCUT2D eigenvalue weighted by Gasteiger charge is 2.06. The lowest BCUT2D eigenvalue weighted by Gasteiger charge is -2.08. The lowest BCUT2D eigenvalue weighted by Crippen LogP contribution is -2.11. The van der Waals surface area contributed by atoms with Gasteiger partial charge in [-0.05, 0) is 18.6 Å². The standard InChI is InChI=1S/C10H13N3/c1-2-4-9(12)10-6-3-5-8(7-11)13-10/h3,5-6,9H,2,4,12H2,1H3. The Labute approximate surface area is 78.2 Å². The van der Waals surface area contributed by atoms with Gasteiger partial charge in [-0.1, -0.05) is 19.4 Å².